The van der Waals surface area contributed by atoms with Crippen molar-refractivity contribution in [3.05, 3.63) is 24.0 Å². The number of ether oxygens (including phenoxy) is 1. The van der Waals surface area contributed by atoms with Gasteiger partial charge in [-0.25, -0.2) is 12.8 Å². The molecular formula is C12H19FNO3S+. The minimum Gasteiger partial charge on any atom is -0.488 e. The van der Waals surface area contributed by atoms with Crippen LogP contribution in [-0.4, -0.2) is 34.4 Å². The molecule has 1 aromatic rings. The molecule has 6 heteroatoms. The van der Waals surface area contributed by atoms with Gasteiger partial charge in [0.05, 0.1) is 11.4 Å². The van der Waals surface area contributed by atoms with Crippen molar-refractivity contribution in [1.29, 1.82) is 0 Å². The predicted octanol–water partition coefficient (Wildman–Crippen LogP) is 0.581. The molecule has 0 spiro atoms. The largest absolute Gasteiger partial charge is 0.488 e. The van der Waals surface area contributed by atoms with Crippen LogP contribution in [-0.2, 0) is 9.84 Å². The zero-order chi connectivity index (χ0) is 13.6. The average molecular weight is 276 g/mol. The van der Waals surface area contributed by atoms with Crippen LogP contribution >= 0.6 is 0 Å². The monoisotopic (exact) mass is 276 g/mol. The number of hydrogen-bond donors (Lipinski definition) is 1. The minimum atomic E-state index is -3.41. The lowest BCUT2D eigenvalue weighted by atomic mass is 10.3. The SMILES string of the molecule is CCC[NH2+]CCOc1cc(F)cc(S(C)(=O)=O)c1. The second-order valence-corrected chi connectivity index (χ2v) is 6.13. The maximum atomic E-state index is 13.2. The molecule has 2 N–H and O–H groups in total. The first kappa shape index (κ1) is 14.9. The lowest BCUT2D eigenvalue weighted by Gasteiger charge is -2.07. The molecule has 0 atom stereocenters. The van der Waals surface area contributed by atoms with Crippen molar-refractivity contribution in [2.24, 2.45) is 0 Å². The van der Waals surface area contributed by atoms with Crippen molar-refractivity contribution in [2.45, 2.75) is 18.2 Å². The summed E-state index contributed by atoms with van der Waals surface area (Å²) in [6.07, 6.45) is 2.12. The van der Waals surface area contributed by atoms with Crippen LogP contribution in [0.25, 0.3) is 0 Å². The van der Waals surface area contributed by atoms with Crippen LogP contribution < -0.4 is 10.1 Å². The maximum Gasteiger partial charge on any atom is 0.175 e. The van der Waals surface area contributed by atoms with Crippen molar-refractivity contribution in [3.63, 3.8) is 0 Å². The fraction of sp³-hybridized carbons (Fsp3) is 0.500. The third-order valence-electron chi connectivity index (χ3n) is 2.36. The predicted molar refractivity (Wildman–Crippen MR) is 67.0 cm³/mol. The van der Waals surface area contributed by atoms with Crippen LogP contribution in [0.5, 0.6) is 5.75 Å². The molecule has 0 radical (unpaired) electrons. The second-order valence-electron chi connectivity index (χ2n) is 4.11. The molecule has 102 valence electrons. The van der Waals surface area contributed by atoms with E-state index in [4.69, 9.17) is 4.74 Å². The molecule has 0 saturated heterocycles. The van der Waals surface area contributed by atoms with Crippen molar-refractivity contribution in [2.75, 3.05) is 26.0 Å². The van der Waals surface area contributed by atoms with E-state index in [-0.39, 0.29) is 10.6 Å². The van der Waals surface area contributed by atoms with E-state index in [0.717, 1.165) is 31.8 Å². The average Bonchev–Trinajstić information content (AvgIpc) is 2.27. The Balaban J connectivity index is 2.64. The Morgan fingerprint density at radius 3 is 2.61 bits per heavy atom. The standard InChI is InChI=1S/C12H18FNO3S/c1-3-4-14-5-6-17-11-7-10(13)8-12(9-11)18(2,15)16/h7-9,14H,3-6H2,1-2H3/p+1. The summed E-state index contributed by atoms with van der Waals surface area (Å²) in [7, 11) is -3.41. The summed E-state index contributed by atoms with van der Waals surface area (Å²) in [6, 6.07) is 3.53. The van der Waals surface area contributed by atoms with Gasteiger partial charge in [-0.1, -0.05) is 6.92 Å². The molecule has 0 aromatic heterocycles. The Morgan fingerprint density at radius 1 is 1.28 bits per heavy atom. The van der Waals surface area contributed by atoms with Crippen molar-refractivity contribution in [3.8, 4) is 5.75 Å². The minimum absolute atomic E-state index is 0.0602. The molecule has 0 heterocycles. The molecule has 0 aliphatic carbocycles. The molecule has 4 nitrogen and oxygen atoms in total. The van der Waals surface area contributed by atoms with Crippen LogP contribution in [0.1, 0.15) is 13.3 Å². The summed E-state index contributed by atoms with van der Waals surface area (Å²) >= 11 is 0. The first-order valence-electron chi connectivity index (χ1n) is 5.88. The molecule has 18 heavy (non-hydrogen) atoms. The molecule has 0 fully saturated rings. The second kappa shape index (κ2) is 6.70. The Morgan fingerprint density at radius 2 is 2.00 bits per heavy atom. The van der Waals surface area contributed by atoms with E-state index in [1.165, 1.54) is 12.1 Å². The van der Waals surface area contributed by atoms with Crippen molar-refractivity contribution >= 4 is 9.84 Å². The maximum absolute atomic E-state index is 13.2. The lowest BCUT2D eigenvalue weighted by Crippen LogP contribution is -2.85. The van der Waals surface area contributed by atoms with Gasteiger partial charge in [0.2, 0.25) is 0 Å². The van der Waals surface area contributed by atoms with Gasteiger partial charge in [0.1, 0.15) is 24.7 Å². The molecule has 1 rings (SSSR count). The molecule has 0 aliphatic rings. The summed E-state index contributed by atoms with van der Waals surface area (Å²) in [5.74, 6) is -0.356. The van der Waals surface area contributed by atoms with Crippen LogP contribution in [0, 0.1) is 5.82 Å². The zero-order valence-electron chi connectivity index (χ0n) is 10.6. The summed E-state index contributed by atoms with van der Waals surface area (Å²) < 4.78 is 41.2. The van der Waals surface area contributed by atoms with Gasteiger partial charge in [-0.15, -0.1) is 0 Å². The number of quaternary nitrogens is 1. The quantitative estimate of drug-likeness (QED) is 0.741. The van der Waals surface area contributed by atoms with Crippen molar-refractivity contribution in [1.82, 2.24) is 0 Å². The highest BCUT2D eigenvalue weighted by molar-refractivity contribution is 7.90. The van der Waals surface area contributed by atoms with Crippen LogP contribution in [0.15, 0.2) is 23.1 Å². The summed E-state index contributed by atoms with van der Waals surface area (Å²) in [5.41, 5.74) is 0. The number of rotatable bonds is 7. The fourth-order valence-electron chi connectivity index (χ4n) is 1.44. The van der Waals surface area contributed by atoms with E-state index in [2.05, 4.69) is 12.2 Å². The molecule has 1 aromatic carbocycles. The first-order valence-corrected chi connectivity index (χ1v) is 7.77. The van der Waals surface area contributed by atoms with Gasteiger partial charge in [0, 0.05) is 12.3 Å². The lowest BCUT2D eigenvalue weighted by molar-refractivity contribution is -0.655. The number of benzene rings is 1. The van der Waals surface area contributed by atoms with Gasteiger partial charge in [-0.05, 0) is 18.6 Å². The van der Waals surface area contributed by atoms with Crippen LogP contribution in [0.2, 0.25) is 0 Å². The number of hydrogen-bond acceptors (Lipinski definition) is 3. The van der Waals surface area contributed by atoms with E-state index in [9.17, 15) is 12.8 Å². The first-order chi connectivity index (χ1) is 8.43. The van der Waals surface area contributed by atoms with Crippen LogP contribution in [0.3, 0.4) is 0 Å². The Labute approximate surface area is 107 Å². The topological polar surface area (TPSA) is 60.0 Å². The normalized spacial score (nSPS) is 11.5. The van der Waals surface area contributed by atoms with Gasteiger partial charge in [0.15, 0.2) is 9.84 Å². The number of nitrogens with two attached hydrogens (primary N) is 1. The van der Waals surface area contributed by atoms with Crippen LogP contribution in [0.4, 0.5) is 4.39 Å². The number of halogens is 1. The highest BCUT2D eigenvalue weighted by Gasteiger charge is 2.11. The Hall–Kier alpha value is -1.14. The highest BCUT2D eigenvalue weighted by atomic mass is 32.2. The summed E-state index contributed by atoms with van der Waals surface area (Å²) in [6.45, 7) is 4.29. The van der Waals surface area contributed by atoms with Gasteiger partial charge in [0.25, 0.3) is 0 Å². The third kappa shape index (κ3) is 5.01. The van der Waals surface area contributed by atoms with Gasteiger partial charge in [-0.2, -0.15) is 0 Å². The van der Waals surface area contributed by atoms with Gasteiger partial charge in [-0.3, -0.25) is 0 Å². The van der Waals surface area contributed by atoms with E-state index < -0.39 is 15.7 Å². The summed E-state index contributed by atoms with van der Waals surface area (Å²) in [4.78, 5) is -0.0602. The molecule has 0 saturated carbocycles. The third-order valence-corrected chi connectivity index (χ3v) is 3.45. The fourth-order valence-corrected chi connectivity index (χ4v) is 2.10. The van der Waals surface area contributed by atoms with Gasteiger partial charge >= 0.3 is 0 Å². The Bertz CT molecular complexity index is 488. The molecule has 0 amide bonds. The molecule has 0 bridgehead atoms. The zero-order valence-corrected chi connectivity index (χ0v) is 11.5. The van der Waals surface area contributed by atoms with Crippen molar-refractivity contribution < 1.29 is 22.9 Å². The highest BCUT2D eigenvalue weighted by Crippen LogP contribution is 2.19. The van der Waals surface area contributed by atoms with Gasteiger partial charge < -0.3 is 10.1 Å². The molecular weight excluding hydrogens is 257 g/mol. The Kier molecular flexibility index (Phi) is 5.55. The molecule has 0 unspecified atom stereocenters. The van der Waals surface area contributed by atoms with E-state index >= 15 is 0 Å². The van der Waals surface area contributed by atoms with E-state index in [1.807, 2.05) is 0 Å². The smallest absolute Gasteiger partial charge is 0.175 e. The summed E-state index contributed by atoms with van der Waals surface area (Å²) in [5, 5.41) is 2.09. The molecule has 0 aliphatic heterocycles. The van der Waals surface area contributed by atoms with E-state index in [1.54, 1.807) is 0 Å². The van der Waals surface area contributed by atoms with E-state index in [0.29, 0.717) is 6.61 Å². The number of sulfone groups is 1.